The number of nitrogens with zero attached hydrogens (tertiary/aromatic N) is 2. The first-order chi connectivity index (χ1) is 11.8. The largest absolute Gasteiger partial charge is 0.347 e. The van der Waals surface area contributed by atoms with Crippen LogP contribution in [0.4, 0.5) is 0 Å². The third-order valence-electron chi connectivity index (χ3n) is 4.51. The third kappa shape index (κ3) is 4.17. The number of carbonyl (C=O) groups excluding carboxylic acids is 1. The first-order valence-corrected chi connectivity index (χ1v) is 8.99. The molecule has 1 amide bonds. The number of para-hydroxylation sites is 1. The summed E-state index contributed by atoms with van der Waals surface area (Å²) in [5.41, 5.74) is 3.36. The Hall–Kier alpha value is -1.98. The molecule has 3 rings (SSSR count). The molecule has 2 aromatic rings. The lowest BCUT2D eigenvalue weighted by Crippen LogP contribution is -2.44. The van der Waals surface area contributed by atoms with Crippen molar-refractivity contribution >= 4 is 16.8 Å². The maximum atomic E-state index is 13.1. The highest BCUT2D eigenvalue weighted by atomic mass is 16.1. The molecular weight excluding hydrogens is 312 g/mol. The van der Waals surface area contributed by atoms with Crippen LogP contribution in [0.3, 0.4) is 0 Å². The summed E-state index contributed by atoms with van der Waals surface area (Å²) in [6, 6.07) is 7.92. The van der Waals surface area contributed by atoms with Gasteiger partial charge in [0.25, 0.3) is 5.91 Å². The number of amides is 1. The summed E-state index contributed by atoms with van der Waals surface area (Å²) in [4.78, 5) is 20.3. The van der Waals surface area contributed by atoms with E-state index in [2.05, 4.69) is 15.5 Å². The van der Waals surface area contributed by atoms with Gasteiger partial charge < -0.3 is 10.6 Å². The second-order valence-corrected chi connectivity index (χ2v) is 7.80. The summed E-state index contributed by atoms with van der Waals surface area (Å²) in [5.74, 6) is -0.0145. The van der Waals surface area contributed by atoms with Gasteiger partial charge in [-0.15, -0.1) is 0 Å². The molecule has 2 N–H and O–H groups in total. The number of benzene rings is 1. The van der Waals surface area contributed by atoms with Crippen molar-refractivity contribution in [2.24, 2.45) is 0 Å². The van der Waals surface area contributed by atoms with E-state index in [-0.39, 0.29) is 11.4 Å². The predicted molar refractivity (Wildman–Crippen MR) is 102 cm³/mol. The van der Waals surface area contributed by atoms with Crippen LogP contribution < -0.4 is 10.6 Å². The van der Waals surface area contributed by atoms with E-state index in [9.17, 15) is 4.79 Å². The van der Waals surface area contributed by atoms with E-state index in [4.69, 9.17) is 4.98 Å². The number of rotatable bonds is 3. The normalized spacial score (nSPS) is 16.2. The smallest absolute Gasteiger partial charge is 0.252 e. The number of carbonyl (C=O) groups is 1. The Morgan fingerprint density at radius 1 is 1.24 bits per heavy atom. The summed E-state index contributed by atoms with van der Waals surface area (Å²) in [6.07, 6.45) is 0. The van der Waals surface area contributed by atoms with Gasteiger partial charge in [0.15, 0.2) is 0 Å². The second-order valence-electron chi connectivity index (χ2n) is 7.80. The van der Waals surface area contributed by atoms with Crippen molar-refractivity contribution in [3.63, 3.8) is 0 Å². The van der Waals surface area contributed by atoms with E-state index in [1.807, 2.05) is 52.0 Å². The summed E-state index contributed by atoms with van der Waals surface area (Å²) >= 11 is 0. The first kappa shape index (κ1) is 17.8. The van der Waals surface area contributed by atoms with E-state index in [0.29, 0.717) is 0 Å². The Morgan fingerprint density at radius 2 is 1.92 bits per heavy atom. The van der Waals surface area contributed by atoms with Crippen LogP contribution >= 0.6 is 0 Å². The van der Waals surface area contributed by atoms with Crippen molar-refractivity contribution in [2.75, 3.05) is 26.2 Å². The zero-order chi connectivity index (χ0) is 18.0. The van der Waals surface area contributed by atoms with Gasteiger partial charge in [0.1, 0.15) is 0 Å². The molecule has 0 spiro atoms. The molecule has 1 aromatic heterocycles. The average molecular weight is 340 g/mol. The first-order valence-electron chi connectivity index (χ1n) is 8.99. The van der Waals surface area contributed by atoms with Crippen molar-refractivity contribution in [3.05, 3.63) is 41.1 Å². The number of aryl methyl sites for hydroxylation is 1. The van der Waals surface area contributed by atoms with Crippen molar-refractivity contribution in [2.45, 2.75) is 39.8 Å². The number of fused-ring (bicyclic) bond motifs is 1. The molecule has 0 unspecified atom stereocenters. The Balaban J connectivity index is 2.08. The molecule has 1 aliphatic rings. The van der Waals surface area contributed by atoms with Gasteiger partial charge in [-0.25, -0.2) is 0 Å². The third-order valence-corrected chi connectivity index (χ3v) is 4.51. The fraction of sp³-hybridized carbons (Fsp3) is 0.500. The highest BCUT2D eigenvalue weighted by Gasteiger charge is 2.24. The molecule has 1 aromatic carbocycles. The fourth-order valence-corrected chi connectivity index (χ4v) is 3.32. The molecule has 5 heteroatoms. The van der Waals surface area contributed by atoms with E-state index in [1.165, 1.54) is 0 Å². The van der Waals surface area contributed by atoms with Gasteiger partial charge >= 0.3 is 0 Å². The Morgan fingerprint density at radius 3 is 2.60 bits per heavy atom. The Bertz CT molecular complexity index is 773. The van der Waals surface area contributed by atoms with Crippen molar-refractivity contribution in [1.82, 2.24) is 20.5 Å². The SMILES string of the molecule is Cc1nc2ccccc2c(C(=O)NC(C)(C)C)c1CN1CCNCC1. The molecule has 0 bridgehead atoms. The zero-order valence-electron chi connectivity index (χ0n) is 15.6. The predicted octanol–water partition coefficient (Wildman–Crippen LogP) is 2.48. The van der Waals surface area contributed by atoms with Gasteiger partial charge in [-0.1, -0.05) is 18.2 Å². The maximum absolute atomic E-state index is 13.1. The molecule has 0 aliphatic carbocycles. The van der Waals surface area contributed by atoms with Crippen molar-refractivity contribution < 1.29 is 4.79 Å². The zero-order valence-corrected chi connectivity index (χ0v) is 15.6. The second kappa shape index (κ2) is 7.10. The quantitative estimate of drug-likeness (QED) is 0.901. The van der Waals surface area contributed by atoms with Crippen LogP contribution in [0.5, 0.6) is 0 Å². The maximum Gasteiger partial charge on any atom is 0.252 e. The number of nitrogens with one attached hydrogen (secondary N) is 2. The molecular formula is C20H28N4O. The lowest BCUT2D eigenvalue weighted by Gasteiger charge is -2.29. The minimum absolute atomic E-state index is 0.0145. The molecule has 0 saturated carbocycles. The number of hydrogen-bond donors (Lipinski definition) is 2. The average Bonchev–Trinajstić information content (AvgIpc) is 2.54. The number of pyridine rings is 1. The fourth-order valence-electron chi connectivity index (χ4n) is 3.32. The molecule has 1 fully saturated rings. The standard InChI is InChI=1S/C20H28N4O/c1-14-16(13-24-11-9-21-10-12-24)18(19(25)23-20(2,3)4)15-7-5-6-8-17(15)22-14/h5-8,21H,9-13H2,1-4H3,(H,23,25). The highest BCUT2D eigenvalue weighted by Crippen LogP contribution is 2.25. The molecule has 134 valence electrons. The van der Waals surface area contributed by atoms with E-state index >= 15 is 0 Å². The minimum Gasteiger partial charge on any atom is -0.347 e. The lowest BCUT2D eigenvalue weighted by atomic mass is 9.97. The van der Waals surface area contributed by atoms with Gasteiger partial charge in [-0.2, -0.15) is 0 Å². The van der Waals surface area contributed by atoms with Crippen LogP contribution in [0.15, 0.2) is 24.3 Å². The van der Waals surface area contributed by atoms with Crippen molar-refractivity contribution in [1.29, 1.82) is 0 Å². The van der Waals surface area contributed by atoms with Crippen LogP contribution in [-0.2, 0) is 6.54 Å². The molecule has 1 aliphatic heterocycles. The summed E-state index contributed by atoms with van der Waals surface area (Å²) in [7, 11) is 0. The summed E-state index contributed by atoms with van der Waals surface area (Å²) < 4.78 is 0. The molecule has 25 heavy (non-hydrogen) atoms. The highest BCUT2D eigenvalue weighted by molar-refractivity contribution is 6.07. The monoisotopic (exact) mass is 340 g/mol. The van der Waals surface area contributed by atoms with E-state index in [0.717, 1.165) is 60.4 Å². The van der Waals surface area contributed by atoms with Crippen LogP contribution in [0.25, 0.3) is 10.9 Å². The Kier molecular flexibility index (Phi) is 5.06. The van der Waals surface area contributed by atoms with Crippen LogP contribution in [0, 0.1) is 6.92 Å². The van der Waals surface area contributed by atoms with Gasteiger partial charge in [0.05, 0.1) is 11.1 Å². The topological polar surface area (TPSA) is 57.3 Å². The van der Waals surface area contributed by atoms with Gasteiger partial charge in [0.2, 0.25) is 0 Å². The van der Waals surface area contributed by atoms with Crippen LogP contribution in [0.1, 0.15) is 42.4 Å². The van der Waals surface area contributed by atoms with Gasteiger partial charge in [-0.3, -0.25) is 14.7 Å². The summed E-state index contributed by atoms with van der Waals surface area (Å²) in [5, 5.41) is 7.44. The van der Waals surface area contributed by atoms with E-state index < -0.39 is 0 Å². The van der Waals surface area contributed by atoms with Crippen molar-refractivity contribution in [3.8, 4) is 0 Å². The van der Waals surface area contributed by atoms with Gasteiger partial charge in [-0.05, 0) is 33.8 Å². The number of hydrogen-bond acceptors (Lipinski definition) is 4. The van der Waals surface area contributed by atoms with Crippen LogP contribution in [-0.4, -0.2) is 47.5 Å². The van der Waals surface area contributed by atoms with Gasteiger partial charge in [0, 0.05) is 54.9 Å². The molecule has 5 nitrogen and oxygen atoms in total. The molecule has 1 saturated heterocycles. The van der Waals surface area contributed by atoms with Crippen LogP contribution in [0.2, 0.25) is 0 Å². The molecule has 0 radical (unpaired) electrons. The number of aromatic nitrogens is 1. The van der Waals surface area contributed by atoms with E-state index in [1.54, 1.807) is 0 Å². The minimum atomic E-state index is -0.276. The lowest BCUT2D eigenvalue weighted by molar-refractivity contribution is 0.0918. The number of piperazine rings is 1. The molecule has 2 heterocycles. The molecule has 0 atom stereocenters. The Labute approximate surface area is 149 Å². The summed E-state index contributed by atoms with van der Waals surface area (Å²) in [6.45, 7) is 12.8.